The number of benzene rings is 6. The van der Waals surface area contributed by atoms with E-state index in [2.05, 4.69) is 155 Å². The molecule has 0 spiro atoms. The first-order valence-electron chi connectivity index (χ1n) is 13.0. The van der Waals surface area contributed by atoms with Crippen molar-refractivity contribution in [3.8, 4) is 22.5 Å². The van der Waals surface area contributed by atoms with Crippen molar-refractivity contribution in [2.24, 2.45) is 0 Å². The second-order valence-corrected chi connectivity index (χ2v) is 9.84. The lowest BCUT2D eigenvalue weighted by Crippen LogP contribution is -1.94. The van der Waals surface area contributed by atoms with E-state index < -0.39 is 0 Å². The van der Waals surface area contributed by atoms with Crippen LogP contribution in [0, 0.1) is 0 Å². The maximum atomic E-state index is 2.38. The van der Waals surface area contributed by atoms with Crippen LogP contribution < -0.4 is 0 Å². The van der Waals surface area contributed by atoms with Crippen LogP contribution in [0.5, 0.6) is 0 Å². The first-order chi connectivity index (χ1) is 18.9. The predicted octanol–water partition coefficient (Wildman–Crippen LogP) is 9.55. The molecule has 0 aliphatic rings. The summed E-state index contributed by atoms with van der Waals surface area (Å²) in [6.07, 6.45) is 0. The topological polar surface area (TPSA) is 9.86 Å². The SMILES string of the molecule is c1ccc(-n2c3ccccc3c3ccc(-c4ccc5c6ccccc6n(-c6ccccc6)c5c4)cc32)cc1. The Kier molecular flexibility index (Phi) is 4.55. The molecule has 0 saturated carbocycles. The molecule has 0 N–H and O–H groups in total. The van der Waals surface area contributed by atoms with Crippen molar-refractivity contribution in [3.63, 3.8) is 0 Å². The molecule has 2 heterocycles. The fourth-order valence-corrected chi connectivity index (χ4v) is 6.01. The van der Waals surface area contributed by atoms with Crippen LogP contribution >= 0.6 is 0 Å². The van der Waals surface area contributed by atoms with Gasteiger partial charge >= 0.3 is 0 Å². The van der Waals surface area contributed by atoms with Gasteiger partial charge in [0.15, 0.2) is 0 Å². The van der Waals surface area contributed by atoms with E-state index in [9.17, 15) is 0 Å². The predicted molar refractivity (Wildman–Crippen MR) is 161 cm³/mol. The molecular formula is C36H24N2. The first kappa shape index (κ1) is 21.0. The summed E-state index contributed by atoms with van der Waals surface area (Å²) in [5.74, 6) is 0. The summed E-state index contributed by atoms with van der Waals surface area (Å²) >= 11 is 0. The van der Waals surface area contributed by atoms with E-state index >= 15 is 0 Å². The van der Waals surface area contributed by atoms with Crippen molar-refractivity contribution in [1.29, 1.82) is 0 Å². The maximum Gasteiger partial charge on any atom is 0.0547 e. The zero-order valence-electron chi connectivity index (χ0n) is 20.8. The number of para-hydroxylation sites is 4. The minimum atomic E-state index is 1.18. The highest BCUT2D eigenvalue weighted by Crippen LogP contribution is 2.37. The zero-order valence-corrected chi connectivity index (χ0v) is 20.8. The summed E-state index contributed by atoms with van der Waals surface area (Å²) in [6, 6.07) is 52.5. The fraction of sp³-hybridized carbons (Fsp3) is 0. The van der Waals surface area contributed by atoms with Crippen molar-refractivity contribution in [2.45, 2.75) is 0 Å². The average molecular weight is 485 g/mol. The van der Waals surface area contributed by atoms with Gasteiger partial charge in [-0.2, -0.15) is 0 Å². The van der Waals surface area contributed by atoms with Crippen LogP contribution in [0.3, 0.4) is 0 Å². The quantitative estimate of drug-likeness (QED) is 0.236. The third-order valence-electron chi connectivity index (χ3n) is 7.71. The third kappa shape index (κ3) is 3.07. The lowest BCUT2D eigenvalue weighted by molar-refractivity contribution is 1.18. The average Bonchev–Trinajstić information content (AvgIpc) is 3.50. The van der Waals surface area contributed by atoms with Crippen LogP contribution in [0.1, 0.15) is 0 Å². The highest BCUT2D eigenvalue weighted by atomic mass is 15.0. The first-order valence-corrected chi connectivity index (χ1v) is 13.0. The van der Waals surface area contributed by atoms with Gasteiger partial charge in [-0.05, 0) is 59.7 Å². The smallest absolute Gasteiger partial charge is 0.0547 e. The summed E-state index contributed by atoms with van der Waals surface area (Å²) < 4.78 is 4.77. The number of aromatic nitrogens is 2. The van der Waals surface area contributed by atoms with Crippen molar-refractivity contribution in [1.82, 2.24) is 9.13 Å². The highest BCUT2D eigenvalue weighted by molar-refractivity contribution is 6.12. The second-order valence-electron chi connectivity index (χ2n) is 9.84. The standard InChI is InChI=1S/C36H24N2/c1-3-11-27(12-4-1)37-33-17-9-7-15-29(33)31-21-19-25(23-35(31)37)26-20-22-32-30-16-8-10-18-34(30)38(36(32)24-26)28-13-5-2-6-14-28/h1-24H. The van der Waals surface area contributed by atoms with Gasteiger partial charge in [-0.15, -0.1) is 0 Å². The molecule has 8 aromatic rings. The molecule has 8 rings (SSSR count). The second kappa shape index (κ2) is 8.22. The number of nitrogens with zero attached hydrogens (tertiary/aromatic N) is 2. The van der Waals surface area contributed by atoms with Crippen molar-refractivity contribution >= 4 is 43.6 Å². The fourth-order valence-electron chi connectivity index (χ4n) is 6.01. The molecule has 0 bridgehead atoms. The molecule has 0 aliphatic carbocycles. The summed E-state index contributed by atoms with van der Waals surface area (Å²) in [7, 11) is 0. The molecule has 0 aliphatic heterocycles. The van der Waals surface area contributed by atoms with Crippen LogP contribution in [0.25, 0.3) is 66.1 Å². The molecule has 0 radical (unpaired) electrons. The molecule has 0 fully saturated rings. The molecule has 0 atom stereocenters. The molecular weight excluding hydrogens is 460 g/mol. The summed E-state index contributed by atoms with van der Waals surface area (Å²) in [6.45, 7) is 0. The highest BCUT2D eigenvalue weighted by Gasteiger charge is 2.15. The number of rotatable bonds is 3. The number of hydrogen-bond acceptors (Lipinski definition) is 0. The van der Waals surface area contributed by atoms with E-state index in [1.807, 2.05) is 0 Å². The van der Waals surface area contributed by atoms with Gasteiger partial charge in [0.25, 0.3) is 0 Å². The van der Waals surface area contributed by atoms with E-state index in [0.717, 1.165) is 0 Å². The molecule has 2 aromatic heterocycles. The molecule has 0 amide bonds. The van der Waals surface area contributed by atoms with Crippen molar-refractivity contribution < 1.29 is 0 Å². The van der Waals surface area contributed by atoms with Crippen LogP contribution in [0.2, 0.25) is 0 Å². The largest absolute Gasteiger partial charge is 0.309 e. The Bertz CT molecular complexity index is 1960. The Balaban J connectivity index is 1.40. The lowest BCUT2D eigenvalue weighted by Gasteiger charge is -2.10. The van der Waals surface area contributed by atoms with Crippen LogP contribution in [-0.2, 0) is 0 Å². The maximum absolute atomic E-state index is 2.38. The van der Waals surface area contributed by atoms with Gasteiger partial charge in [-0.25, -0.2) is 0 Å². The lowest BCUT2D eigenvalue weighted by atomic mass is 10.0. The van der Waals surface area contributed by atoms with E-state index in [0.29, 0.717) is 0 Å². The van der Waals surface area contributed by atoms with Crippen LogP contribution in [-0.4, -0.2) is 9.13 Å². The Morgan fingerprint density at radius 1 is 0.289 bits per heavy atom. The van der Waals surface area contributed by atoms with Gasteiger partial charge in [-0.1, -0.05) is 97.1 Å². The normalized spacial score (nSPS) is 11.7. The third-order valence-corrected chi connectivity index (χ3v) is 7.71. The molecule has 178 valence electrons. The van der Waals surface area contributed by atoms with Crippen LogP contribution in [0.4, 0.5) is 0 Å². The number of fused-ring (bicyclic) bond motifs is 6. The van der Waals surface area contributed by atoms with Crippen LogP contribution in [0.15, 0.2) is 146 Å². The monoisotopic (exact) mass is 484 g/mol. The van der Waals surface area contributed by atoms with E-state index in [1.54, 1.807) is 0 Å². The van der Waals surface area contributed by atoms with E-state index in [4.69, 9.17) is 0 Å². The Labute approximate surface area is 220 Å². The van der Waals surface area contributed by atoms with Crippen molar-refractivity contribution in [2.75, 3.05) is 0 Å². The summed E-state index contributed by atoms with van der Waals surface area (Å²) in [5.41, 5.74) is 9.67. The van der Waals surface area contributed by atoms with Gasteiger partial charge in [-0.3, -0.25) is 0 Å². The van der Waals surface area contributed by atoms with E-state index in [1.165, 1.54) is 66.1 Å². The van der Waals surface area contributed by atoms with E-state index in [-0.39, 0.29) is 0 Å². The molecule has 2 heteroatoms. The van der Waals surface area contributed by atoms with Gasteiger partial charge < -0.3 is 9.13 Å². The number of hydrogen-bond donors (Lipinski definition) is 0. The van der Waals surface area contributed by atoms with Gasteiger partial charge in [0.1, 0.15) is 0 Å². The molecule has 0 unspecified atom stereocenters. The minimum absolute atomic E-state index is 1.18. The summed E-state index contributed by atoms with van der Waals surface area (Å²) in [5, 5.41) is 5.09. The zero-order chi connectivity index (χ0) is 25.1. The van der Waals surface area contributed by atoms with Crippen molar-refractivity contribution in [3.05, 3.63) is 146 Å². The Morgan fingerprint density at radius 2 is 0.658 bits per heavy atom. The van der Waals surface area contributed by atoms with Gasteiger partial charge in [0, 0.05) is 32.9 Å². The minimum Gasteiger partial charge on any atom is -0.309 e. The summed E-state index contributed by atoms with van der Waals surface area (Å²) in [4.78, 5) is 0. The Hall–Kier alpha value is -5.08. The van der Waals surface area contributed by atoms with Gasteiger partial charge in [0.2, 0.25) is 0 Å². The van der Waals surface area contributed by atoms with Gasteiger partial charge in [0.05, 0.1) is 22.1 Å². The molecule has 2 nitrogen and oxygen atoms in total. The molecule has 6 aromatic carbocycles. The Morgan fingerprint density at radius 3 is 1.11 bits per heavy atom. The molecule has 38 heavy (non-hydrogen) atoms. The molecule has 0 saturated heterocycles.